The Hall–Kier alpha value is -0.910. The first kappa shape index (κ1) is 14.5. The average molecular weight is 266 g/mol. The van der Waals surface area contributed by atoms with Crippen molar-refractivity contribution in [2.24, 2.45) is 0 Å². The molecule has 1 aromatic rings. The number of hydrogen-bond donors (Lipinski definition) is 2. The highest BCUT2D eigenvalue weighted by Gasteiger charge is 2.25. The Bertz CT molecular complexity index is 429. The zero-order chi connectivity index (χ0) is 14.0. The molecule has 108 valence electrons. The van der Waals surface area contributed by atoms with Gasteiger partial charge in [0.1, 0.15) is 0 Å². The van der Waals surface area contributed by atoms with E-state index in [4.69, 9.17) is 5.11 Å². The van der Waals surface area contributed by atoms with E-state index in [0.717, 1.165) is 25.3 Å². The second-order valence-corrected chi connectivity index (χ2v) is 5.55. The minimum Gasteiger partial charge on any atom is -0.394 e. The van der Waals surface area contributed by atoms with Crippen LogP contribution in [-0.2, 0) is 13.1 Å². The number of aliphatic hydroxyl groups is 1. The lowest BCUT2D eigenvalue weighted by atomic mass is 10.1. The van der Waals surface area contributed by atoms with Gasteiger partial charge in [0.05, 0.1) is 18.8 Å². The molecule has 19 heavy (non-hydrogen) atoms. The number of hydrogen-bond acceptors (Lipinski definition) is 4. The van der Waals surface area contributed by atoms with Gasteiger partial charge in [0.2, 0.25) is 0 Å². The second kappa shape index (κ2) is 6.03. The number of aryl methyl sites for hydroxylation is 1. The van der Waals surface area contributed by atoms with Crippen LogP contribution in [0.15, 0.2) is 0 Å². The standard InChI is InChI=1S/C14H26N4O/c1-10-12(3)17(6-5-15-10)9-14-11(2)16-18(7-8-19)13(14)4/h10,12,15,19H,5-9H2,1-4H3. The van der Waals surface area contributed by atoms with Crippen molar-refractivity contribution in [3.63, 3.8) is 0 Å². The molecule has 2 atom stereocenters. The van der Waals surface area contributed by atoms with Gasteiger partial charge in [-0.05, 0) is 27.7 Å². The van der Waals surface area contributed by atoms with Crippen molar-refractivity contribution in [2.45, 2.75) is 52.9 Å². The monoisotopic (exact) mass is 266 g/mol. The molecule has 1 fully saturated rings. The van der Waals surface area contributed by atoms with Gasteiger partial charge in [-0.15, -0.1) is 0 Å². The molecule has 2 unspecified atom stereocenters. The van der Waals surface area contributed by atoms with Crippen molar-refractivity contribution < 1.29 is 5.11 Å². The zero-order valence-electron chi connectivity index (χ0n) is 12.5. The van der Waals surface area contributed by atoms with E-state index in [-0.39, 0.29) is 6.61 Å². The van der Waals surface area contributed by atoms with E-state index >= 15 is 0 Å². The van der Waals surface area contributed by atoms with Crippen LogP contribution in [0.3, 0.4) is 0 Å². The SMILES string of the molecule is Cc1nn(CCO)c(C)c1CN1CCNC(C)C1C. The summed E-state index contributed by atoms with van der Waals surface area (Å²) in [5.41, 5.74) is 3.59. The normalized spacial score (nSPS) is 24.9. The molecule has 0 bridgehead atoms. The van der Waals surface area contributed by atoms with E-state index in [9.17, 15) is 0 Å². The fourth-order valence-corrected chi connectivity index (χ4v) is 2.83. The number of rotatable bonds is 4. The van der Waals surface area contributed by atoms with Crippen molar-refractivity contribution in [1.29, 1.82) is 0 Å². The molecular formula is C14H26N4O. The molecule has 0 aromatic carbocycles. The molecule has 1 aromatic heterocycles. The Morgan fingerprint density at radius 3 is 2.79 bits per heavy atom. The molecule has 0 radical (unpaired) electrons. The highest BCUT2D eigenvalue weighted by molar-refractivity contribution is 5.24. The summed E-state index contributed by atoms with van der Waals surface area (Å²) in [5, 5.41) is 17.1. The molecular weight excluding hydrogens is 240 g/mol. The average Bonchev–Trinajstić information content (AvgIpc) is 2.63. The lowest BCUT2D eigenvalue weighted by molar-refractivity contribution is 0.130. The second-order valence-electron chi connectivity index (χ2n) is 5.55. The number of nitrogens with one attached hydrogen (secondary N) is 1. The van der Waals surface area contributed by atoms with E-state index in [1.807, 2.05) is 4.68 Å². The van der Waals surface area contributed by atoms with Crippen LogP contribution in [-0.4, -0.2) is 51.6 Å². The largest absolute Gasteiger partial charge is 0.394 e. The lowest BCUT2D eigenvalue weighted by Gasteiger charge is -2.38. The van der Waals surface area contributed by atoms with Gasteiger partial charge in [-0.1, -0.05) is 0 Å². The van der Waals surface area contributed by atoms with Crippen molar-refractivity contribution in [3.8, 4) is 0 Å². The first-order chi connectivity index (χ1) is 9.04. The lowest BCUT2D eigenvalue weighted by Crippen LogP contribution is -2.54. The molecule has 0 amide bonds. The summed E-state index contributed by atoms with van der Waals surface area (Å²) in [6, 6.07) is 1.07. The van der Waals surface area contributed by atoms with Gasteiger partial charge in [0, 0.05) is 43.0 Å². The van der Waals surface area contributed by atoms with E-state index in [2.05, 4.69) is 43.0 Å². The van der Waals surface area contributed by atoms with Gasteiger partial charge in [-0.25, -0.2) is 0 Å². The summed E-state index contributed by atoms with van der Waals surface area (Å²) in [6.07, 6.45) is 0. The van der Waals surface area contributed by atoms with Crippen LogP contribution in [0, 0.1) is 13.8 Å². The first-order valence-corrected chi connectivity index (χ1v) is 7.15. The third kappa shape index (κ3) is 2.99. The summed E-state index contributed by atoms with van der Waals surface area (Å²) < 4.78 is 1.92. The summed E-state index contributed by atoms with van der Waals surface area (Å²) in [7, 11) is 0. The Morgan fingerprint density at radius 1 is 1.37 bits per heavy atom. The van der Waals surface area contributed by atoms with Crippen LogP contribution < -0.4 is 5.32 Å². The molecule has 0 saturated carbocycles. The Balaban J connectivity index is 2.14. The molecule has 5 nitrogen and oxygen atoms in total. The number of piperazine rings is 1. The van der Waals surface area contributed by atoms with Gasteiger partial charge in [0.15, 0.2) is 0 Å². The minimum absolute atomic E-state index is 0.141. The number of aliphatic hydroxyl groups excluding tert-OH is 1. The maximum atomic E-state index is 9.06. The van der Waals surface area contributed by atoms with E-state index in [0.29, 0.717) is 18.6 Å². The molecule has 5 heteroatoms. The third-order valence-electron chi connectivity index (χ3n) is 4.37. The molecule has 0 spiro atoms. The van der Waals surface area contributed by atoms with Crippen molar-refractivity contribution in [1.82, 2.24) is 20.0 Å². The van der Waals surface area contributed by atoms with Crippen LogP contribution in [0.2, 0.25) is 0 Å². The van der Waals surface area contributed by atoms with Crippen molar-refractivity contribution in [3.05, 3.63) is 17.0 Å². The van der Waals surface area contributed by atoms with E-state index < -0.39 is 0 Å². The highest BCUT2D eigenvalue weighted by atomic mass is 16.3. The molecule has 0 aliphatic carbocycles. The summed E-state index contributed by atoms with van der Waals surface area (Å²) in [4.78, 5) is 2.52. The van der Waals surface area contributed by atoms with Crippen LogP contribution in [0.5, 0.6) is 0 Å². The van der Waals surface area contributed by atoms with Crippen molar-refractivity contribution in [2.75, 3.05) is 19.7 Å². The maximum absolute atomic E-state index is 9.06. The molecule has 2 rings (SSSR count). The van der Waals surface area contributed by atoms with Crippen molar-refractivity contribution >= 4 is 0 Å². The summed E-state index contributed by atoms with van der Waals surface area (Å²) in [6.45, 7) is 12.5. The third-order valence-corrected chi connectivity index (χ3v) is 4.37. The molecule has 2 heterocycles. The summed E-state index contributed by atoms with van der Waals surface area (Å²) in [5.74, 6) is 0. The van der Waals surface area contributed by atoms with Gasteiger partial charge in [0.25, 0.3) is 0 Å². The number of nitrogens with zero attached hydrogens (tertiary/aromatic N) is 3. The van der Waals surface area contributed by atoms with E-state index in [1.165, 1.54) is 11.3 Å². The minimum atomic E-state index is 0.141. The number of aromatic nitrogens is 2. The first-order valence-electron chi connectivity index (χ1n) is 7.15. The summed E-state index contributed by atoms with van der Waals surface area (Å²) >= 11 is 0. The fraction of sp³-hybridized carbons (Fsp3) is 0.786. The Morgan fingerprint density at radius 2 is 2.11 bits per heavy atom. The Kier molecular flexibility index (Phi) is 4.60. The van der Waals surface area contributed by atoms with Gasteiger partial charge in [-0.3, -0.25) is 9.58 Å². The van der Waals surface area contributed by atoms with Crippen LogP contribution >= 0.6 is 0 Å². The quantitative estimate of drug-likeness (QED) is 0.841. The predicted octanol–water partition coefficient (Wildman–Crippen LogP) is 0.674. The predicted molar refractivity (Wildman–Crippen MR) is 76.1 cm³/mol. The zero-order valence-corrected chi connectivity index (χ0v) is 12.5. The van der Waals surface area contributed by atoms with Gasteiger partial charge < -0.3 is 10.4 Å². The van der Waals surface area contributed by atoms with Crippen LogP contribution in [0.1, 0.15) is 30.8 Å². The van der Waals surface area contributed by atoms with Crippen LogP contribution in [0.25, 0.3) is 0 Å². The fourth-order valence-electron chi connectivity index (χ4n) is 2.83. The van der Waals surface area contributed by atoms with E-state index in [1.54, 1.807) is 0 Å². The molecule has 1 aliphatic heterocycles. The molecule has 1 aliphatic rings. The smallest absolute Gasteiger partial charge is 0.0644 e. The Labute approximate surface area is 115 Å². The maximum Gasteiger partial charge on any atom is 0.0644 e. The molecule has 2 N–H and O–H groups in total. The topological polar surface area (TPSA) is 53.3 Å². The highest BCUT2D eigenvalue weighted by Crippen LogP contribution is 2.19. The molecule has 1 saturated heterocycles. The van der Waals surface area contributed by atoms with Crippen LogP contribution in [0.4, 0.5) is 0 Å². The van der Waals surface area contributed by atoms with Gasteiger partial charge in [-0.2, -0.15) is 5.10 Å². The van der Waals surface area contributed by atoms with Gasteiger partial charge >= 0.3 is 0 Å².